The Morgan fingerprint density at radius 1 is 1.06 bits per heavy atom. The fourth-order valence-electron chi connectivity index (χ4n) is 2.28. The highest BCUT2D eigenvalue weighted by atomic mass is 15.1. The van der Waals surface area contributed by atoms with Crippen molar-refractivity contribution in [1.82, 2.24) is 0 Å². The van der Waals surface area contributed by atoms with Crippen molar-refractivity contribution in [1.29, 1.82) is 0 Å². The minimum atomic E-state index is 0.821. The first kappa shape index (κ1) is 12.5. The fourth-order valence-corrected chi connectivity index (χ4v) is 2.28. The van der Waals surface area contributed by atoms with Gasteiger partial charge in [0.15, 0.2) is 0 Å². The molecule has 94 valence electrons. The summed E-state index contributed by atoms with van der Waals surface area (Å²) in [6.07, 6.45) is 0. The molecule has 0 radical (unpaired) electrons. The Hall–Kier alpha value is -1.96. The number of nitrogen functional groups attached to an aromatic ring is 1. The van der Waals surface area contributed by atoms with E-state index in [0.717, 1.165) is 12.2 Å². The van der Waals surface area contributed by atoms with E-state index in [1.165, 1.54) is 22.4 Å². The first-order valence-electron chi connectivity index (χ1n) is 6.19. The third kappa shape index (κ3) is 2.83. The highest BCUT2D eigenvalue weighted by molar-refractivity contribution is 5.54. The van der Waals surface area contributed by atoms with Gasteiger partial charge in [0.05, 0.1) is 0 Å². The Balaban J connectivity index is 2.19. The monoisotopic (exact) mass is 240 g/mol. The van der Waals surface area contributed by atoms with Gasteiger partial charge in [0.1, 0.15) is 0 Å². The van der Waals surface area contributed by atoms with Gasteiger partial charge >= 0.3 is 0 Å². The summed E-state index contributed by atoms with van der Waals surface area (Å²) in [5.74, 6) is 0. The SMILES string of the molecule is Cc1ccc(N(C)Cc2cccc(N)c2)c(C)c1. The van der Waals surface area contributed by atoms with Crippen LogP contribution in [0.15, 0.2) is 42.5 Å². The van der Waals surface area contributed by atoms with Gasteiger partial charge in [-0.1, -0.05) is 29.8 Å². The number of hydrogen-bond donors (Lipinski definition) is 1. The molecule has 0 spiro atoms. The van der Waals surface area contributed by atoms with E-state index >= 15 is 0 Å². The molecular weight excluding hydrogens is 220 g/mol. The number of aryl methyl sites for hydroxylation is 2. The maximum Gasteiger partial charge on any atom is 0.0427 e. The van der Waals surface area contributed by atoms with E-state index in [-0.39, 0.29) is 0 Å². The molecule has 18 heavy (non-hydrogen) atoms. The molecule has 0 aliphatic carbocycles. The molecule has 0 aliphatic heterocycles. The van der Waals surface area contributed by atoms with Gasteiger partial charge in [-0.05, 0) is 43.2 Å². The lowest BCUT2D eigenvalue weighted by Crippen LogP contribution is -2.17. The first-order valence-corrected chi connectivity index (χ1v) is 6.19. The molecular formula is C16H20N2. The average Bonchev–Trinajstić information content (AvgIpc) is 2.28. The van der Waals surface area contributed by atoms with E-state index in [2.05, 4.69) is 50.1 Å². The zero-order valence-corrected chi connectivity index (χ0v) is 11.3. The molecule has 2 heteroatoms. The van der Waals surface area contributed by atoms with Crippen LogP contribution in [0.5, 0.6) is 0 Å². The molecule has 2 aromatic carbocycles. The predicted octanol–water partition coefficient (Wildman–Crippen LogP) is 3.52. The summed E-state index contributed by atoms with van der Waals surface area (Å²) >= 11 is 0. The van der Waals surface area contributed by atoms with Gasteiger partial charge in [0, 0.05) is 25.0 Å². The molecule has 0 bridgehead atoms. The van der Waals surface area contributed by atoms with Crippen molar-refractivity contribution in [3.05, 3.63) is 59.2 Å². The Morgan fingerprint density at radius 2 is 1.83 bits per heavy atom. The minimum absolute atomic E-state index is 0.821. The molecule has 0 heterocycles. The number of rotatable bonds is 3. The molecule has 0 aromatic heterocycles. The lowest BCUT2D eigenvalue weighted by Gasteiger charge is -2.22. The van der Waals surface area contributed by atoms with Gasteiger partial charge in [-0.3, -0.25) is 0 Å². The van der Waals surface area contributed by atoms with Gasteiger partial charge in [-0.2, -0.15) is 0 Å². The molecule has 2 rings (SSSR count). The topological polar surface area (TPSA) is 29.3 Å². The quantitative estimate of drug-likeness (QED) is 0.832. The standard InChI is InChI=1S/C16H20N2/c1-12-7-8-16(13(2)9-12)18(3)11-14-5-4-6-15(17)10-14/h4-10H,11,17H2,1-3H3. The van der Waals surface area contributed by atoms with E-state index in [0.29, 0.717) is 0 Å². The molecule has 2 N–H and O–H groups in total. The van der Waals surface area contributed by atoms with Crippen LogP contribution in [-0.4, -0.2) is 7.05 Å². The normalized spacial score (nSPS) is 10.4. The van der Waals surface area contributed by atoms with Crippen LogP contribution in [0, 0.1) is 13.8 Å². The van der Waals surface area contributed by atoms with Crippen molar-refractivity contribution < 1.29 is 0 Å². The summed E-state index contributed by atoms with van der Waals surface area (Å²) in [6, 6.07) is 14.6. The van der Waals surface area contributed by atoms with Crippen molar-refractivity contribution in [2.75, 3.05) is 17.7 Å². The molecule has 2 nitrogen and oxygen atoms in total. The smallest absolute Gasteiger partial charge is 0.0427 e. The van der Waals surface area contributed by atoms with E-state index in [4.69, 9.17) is 5.73 Å². The molecule has 0 fully saturated rings. The van der Waals surface area contributed by atoms with E-state index in [1.807, 2.05) is 18.2 Å². The van der Waals surface area contributed by atoms with Gasteiger partial charge in [0.25, 0.3) is 0 Å². The molecule has 0 saturated heterocycles. The molecule has 0 unspecified atom stereocenters. The van der Waals surface area contributed by atoms with E-state index < -0.39 is 0 Å². The van der Waals surface area contributed by atoms with Gasteiger partial charge in [-0.25, -0.2) is 0 Å². The summed E-state index contributed by atoms with van der Waals surface area (Å²) in [5.41, 5.74) is 11.7. The maximum atomic E-state index is 5.80. The summed E-state index contributed by atoms with van der Waals surface area (Å²) in [5, 5.41) is 0. The summed E-state index contributed by atoms with van der Waals surface area (Å²) in [4.78, 5) is 2.25. The van der Waals surface area contributed by atoms with E-state index in [1.54, 1.807) is 0 Å². The second-order valence-corrected chi connectivity index (χ2v) is 4.89. The zero-order valence-electron chi connectivity index (χ0n) is 11.3. The highest BCUT2D eigenvalue weighted by Gasteiger charge is 2.05. The van der Waals surface area contributed by atoms with Crippen molar-refractivity contribution in [3.8, 4) is 0 Å². The van der Waals surface area contributed by atoms with Crippen LogP contribution in [0.1, 0.15) is 16.7 Å². The highest BCUT2D eigenvalue weighted by Crippen LogP contribution is 2.22. The van der Waals surface area contributed by atoms with Crippen LogP contribution >= 0.6 is 0 Å². The minimum Gasteiger partial charge on any atom is -0.399 e. The number of hydrogen-bond acceptors (Lipinski definition) is 2. The fraction of sp³-hybridized carbons (Fsp3) is 0.250. The van der Waals surface area contributed by atoms with E-state index in [9.17, 15) is 0 Å². The van der Waals surface area contributed by atoms with Crippen molar-refractivity contribution in [3.63, 3.8) is 0 Å². The van der Waals surface area contributed by atoms with Crippen molar-refractivity contribution in [2.24, 2.45) is 0 Å². The number of anilines is 2. The Labute approximate surface area is 109 Å². The zero-order chi connectivity index (χ0) is 13.1. The van der Waals surface area contributed by atoms with Crippen LogP contribution in [-0.2, 0) is 6.54 Å². The van der Waals surface area contributed by atoms with Gasteiger partial charge in [-0.15, -0.1) is 0 Å². The van der Waals surface area contributed by atoms with Crippen LogP contribution in [0.2, 0.25) is 0 Å². The molecule has 0 amide bonds. The third-order valence-corrected chi connectivity index (χ3v) is 3.13. The average molecular weight is 240 g/mol. The summed E-state index contributed by atoms with van der Waals surface area (Å²) in [6.45, 7) is 5.14. The van der Waals surface area contributed by atoms with Crippen molar-refractivity contribution in [2.45, 2.75) is 20.4 Å². The molecule has 0 atom stereocenters. The maximum absolute atomic E-state index is 5.80. The lowest BCUT2D eigenvalue weighted by molar-refractivity contribution is 0.917. The predicted molar refractivity (Wildman–Crippen MR) is 78.9 cm³/mol. The Kier molecular flexibility index (Phi) is 3.56. The van der Waals surface area contributed by atoms with Crippen LogP contribution in [0.3, 0.4) is 0 Å². The Bertz CT molecular complexity index is 547. The molecule has 0 saturated carbocycles. The number of benzene rings is 2. The number of nitrogens with two attached hydrogens (primary N) is 1. The molecule has 0 aliphatic rings. The van der Waals surface area contributed by atoms with Gasteiger partial charge in [0.2, 0.25) is 0 Å². The largest absolute Gasteiger partial charge is 0.399 e. The summed E-state index contributed by atoms with van der Waals surface area (Å²) in [7, 11) is 2.11. The first-order chi connectivity index (χ1) is 8.56. The van der Waals surface area contributed by atoms with Crippen molar-refractivity contribution >= 4 is 11.4 Å². The Morgan fingerprint density at radius 3 is 2.50 bits per heavy atom. The lowest BCUT2D eigenvalue weighted by atomic mass is 10.1. The third-order valence-electron chi connectivity index (χ3n) is 3.13. The van der Waals surface area contributed by atoms with Gasteiger partial charge < -0.3 is 10.6 Å². The van der Waals surface area contributed by atoms with Crippen LogP contribution in [0.4, 0.5) is 11.4 Å². The van der Waals surface area contributed by atoms with Crippen LogP contribution in [0.25, 0.3) is 0 Å². The second-order valence-electron chi connectivity index (χ2n) is 4.89. The number of nitrogens with zero attached hydrogens (tertiary/aromatic N) is 1. The van der Waals surface area contributed by atoms with Crippen LogP contribution < -0.4 is 10.6 Å². The summed E-state index contributed by atoms with van der Waals surface area (Å²) < 4.78 is 0. The molecule has 2 aromatic rings. The second kappa shape index (κ2) is 5.13.